The van der Waals surface area contributed by atoms with Gasteiger partial charge in [-0.05, 0) is 40.2 Å². The van der Waals surface area contributed by atoms with E-state index >= 15 is 0 Å². The Bertz CT molecular complexity index is 894. The van der Waals surface area contributed by atoms with Crippen LogP contribution >= 0.6 is 0 Å². The quantitative estimate of drug-likeness (QED) is 0.853. The number of aromatic nitrogens is 1. The van der Waals surface area contributed by atoms with E-state index in [-0.39, 0.29) is 5.56 Å². The highest BCUT2D eigenvalue weighted by Crippen LogP contribution is 2.42. The zero-order chi connectivity index (χ0) is 20.7. The lowest BCUT2D eigenvalue weighted by Gasteiger charge is -2.34. The Morgan fingerprint density at radius 2 is 1.93 bits per heavy atom. The molecular formula is C20H25FN2O5. The Balaban J connectivity index is 1.87. The van der Waals surface area contributed by atoms with Gasteiger partial charge in [-0.1, -0.05) is 24.3 Å². The molecule has 3 rings (SSSR count). The number of nitrogens with zero attached hydrogens (tertiary/aromatic N) is 1. The predicted molar refractivity (Wildman–Crippen MR) is 101 cm³/mol. The van der Waals surface area contributed by atoms with E-state index in [2.05, 4.69) is 5.16 Å². The Hall–Kier alpha value is -2.61. The van der Waals surface area contributed by atoms with Crippen LogP contribution in [0.3, 0.4) is 0 Å². The summed E-state index contributed by atoms with van der Waals surface area (Å²) in [6.45, 7) is 7.92. The predicted octanol–water partition coefficient (Wildman–Crippen LogP) is 4.02. The first-order chi connectivity index (χ1) is 13.0. The standard InChI is InChI=1S/C20H25FN2O5/c1-19(2,3)27-18(25)23-14(11-21)17(26-20(23,4)5)13-8-6-12(7-9-13)15-10-16(24)22-28-15/h6-10,14,17H,11H2,1-5H3,(H,22,24)/t14-,17-/m1/s1. The van der Waals surface area contributed by atoms with Gasteiger partial charge in [-0.15, -0.1) is 0 Å². The smallest absolute Gasteiger partial charge is 0.413 e. The number of aromatic amines is 1. The van der Waals surface area contributed by atoms with Crippen LogP contribution < -0.4 is 5.56 Å². The number of halogens is 1. The van der Waals surface area contributed by atoms with Crippen molar-refractivity contribution >= 4 is 6.09 Å². The zero-order valence-electron chi connectivity index (χ0n) is 16.6. The maximum absolute atomic E-state index is 14.0. The molecular weight excluding hydrogens is 367 g/mol. The molecule has 0 radical (unpaired) electrons. The second kappa shape index (κ2) is 7.09. The average Bonchev–Trinajstić information content (AvgIpc) is 3.13. The molecule has 1 aromatic carbocycles. The summed E-state index contributed by atoms with van der Waals surface area (Å²) in [5.74, 6) is 0.404. The molecule has 0 spiro atoms. The van der Waals surface area contributed by atoms with E-state index in [0.29, 0.717) is 16.9 Å². The maximum atomic E-state index is 14.0. The highest BCUT2D eigenvalue weighted by molar-refractivity contribution is 5.70. The van der Waals surface area contributed by atoms with Crippen molar-refractivity contribution in [2.75, 3.05) is 6.67 Å². The zero-order valence-corrected chi connectivity index (χ0v) is 16.6. The van der Waals surface area contributed by atoms with Crippen LogP contribution in [0, 0.1) is 0 Å². The number of H-pyrrole nitrogens is 1. The van der Waals surface area contributed by atoms with Gasteiger partial charge in [-0.25, -0.2) is 9.18 Å². The van der Waals surface area contributed by atoms with Gasteiger partial charge in [0.05, 0.1) is 12.1 Å². The first-order valence-electron chi connectivity index (χ1n) is 9.07. The summed E-state index contributed by atoms with van der Waals surface area (Å²) >= 11 is 0. The van der Waals surface area contributed by atoms with Gasteiger partial charge in [0.2, 0.25) is 0 Å². The monoisotopic (exact) mass is 392 g/mol. The molecule has 28 heavy (non-hydrogen) atoms. The molecule has 152 valence electrons. The summed E-state index contributed by atoms with van der Waals surface area (Å²) in [5, 5.41) is 2.24. The van der Waals surface area contributed by atoms with Gasteiger partial charge in [0.15, 0.2) is 5.76 Å². The molecule has 7 nitrogen and oxygen atoms in total. The van der Waals surface area contributed by atoms with Crippen molar-refractivity contribution in [3.63, 3.8) is 0 Å². The van der Waals surface area contributed by atoms with Crippen LogP contribution in [0.15, 0.2) is 39.6 Å². The summed E-state index contributed by atoms with van der Waals surface area (Å²) in [7, 11) is 0. The first kappa shape index (κ1) is 20.1. The van der Waals surface area contributed by atoms with Crippen LogP contribution in [0.5, 0.6) is 0 Å². The number of carbonyl (C=O) groups excluding carboxylic acids is 1. The molecule has 1 amide bonds. The molecule has 2 heterocycles. The number of alkyl halides is 1. The van der Waals surface area contributed by atoms with Crippen molar-refractivity contribution in [3.05, 3.63) is 46.2 Å². The molecule has 0 unspecified atom stereocenters. The number of benzene rings is 1. The number of carbonyl (C=O) groups is 1. The lowest BCUT2D eigenvalue weighted by atomic mass is 10.0. The summed E-state index contributed by atoms with van der Waals surface area (Å²) in [5.41, 5.74) is -0.654. The highest BCUT2D eigenvalue weighted by atomic mass is 19.1. The number of nitrogens with one attached hydrogen (secondary N) is 1. The normalized spacial score (nSPS) is 21.7. The molecule has 1 aliphatic rings. The number of amides is 1. The van der Waals surface area contributed by atoms with Gasteiger partial charge in [0.25, 0.3) is 5.56 Å². The van der Waals surface area contributed by atoms with Crippen LogP contribution in [-0.4, -0.2) is 40.2 Å². The molecule has 1 N–H and O–H groups in total. The van der Waals surface area contributed by atoms with Gasteiger partial charge in [-0.3, -0.25) is 9.69 Å². The second-order valence-electron chi connectivity index (χ2n) is 8.26. The van der Waals surface area contributed by atoms with E-state index in [0.717, 1.165) is 0 Å². The van der Waals surface area contributed by atoms with Gasteiger partial charge in [0.1, 0.15) is 24.1 Å². The van der Waals surface area contributed by atoms with E-state index in [4.69, 9.17) is 14.0 Å². The summed E-state index contributed by atoms with van der Waals surface area (Å²) in [6, 6.07) is 7.57. The molecule has 1 aliphatic heterocycles. The van der Waals surface area contributed by atoms with Crippen molar-refractivity contribution in [1.29, 1.82) is 0 Å². The topological polar surface area (TPSA) is 84.8 Å². The van der Waals surface area contributed by atoms with E-state index in [1.54, 1.807) is 58.9 Å². The molecule has 1 fully saturated rings. The molecule has 0 aliphatic carbocycles. The van der Waals surface area contributed by atoms with Crippen molar-refractivity contribution in [2.24, 2.45) is 0 Å². The van der Waals surface area contributed by atoms with Crippen LogP contribution in [0.25, 0.3) is 11.3 Å². The lowest BCUT2D eigenvalue weighted by Crippen LogP contribution is -2.50. The maximum Gasteiger partial charge on any atom is 0.413 e. The van der Waals surface area contributed by atoms with Gasteiger partial charge < -0.3 is 14.0 Å². The molecule has 1 aromatic heterocycles. The fourth-order valence-electron chi connectivity index (χ4n) is 3.35. The van der Waals surface area contributed by atoms with Crippen molar-refractivity contribution in [3.8, 4) is 11.3 Å². The van der Waals surface area contributed by atoms with Crippen molar-refractivity contribution in [2.45, 2.75) is 58.1 Å². The molecule has 2 aromatic rings. The Kier molecular flexibility index (Phi) is 5.10. The Labute approximate surface area is 162 Å². The minimum atomic E-state index is -1.03. The highest BCUT2D eigenvalue weighted by Gasteiger charge is 2.51. The van der Waals surface area contributed by atoms with Gasteiger partial charge in [-0.2, -0.15) is 5.16 Å². The second-order valence-corrected chi connectivity index (χ2v) is 8.26. The molecule has 0 saturated carbocycles. The van der Waals surface area contributed by atoms with Crippen molar-refractivity contribution < 1.29 is 23.2 Å². The van der Waals surface area contributed by atoms with Crippen LogP contribution in [0.4, 0.5) is 9.18 Å². The fourth-order valence-corrected chi connectivity index (χ4v) is 3.35. The van der Waals surface area contributed by atoms with E-state index in [9.17, 15) is 14.0 Å². The SMILES string of the molecule is CC(C)(C)OC(=O)N1[C@H](CF)[C@@H](c2ccc(-c3cc(=O)[nH]o3)cc2)OC1(C)C. The number of hydrogen-bond acceptors (Lipinski definition) is 5. The number of rotatable bonds is 3. The number of hydrogen-bond donors (Lipinski definition) is 1. The number of ether oxygens (including phenoxy) is 2. The summed E-state index contributed by atoms with van der Waals surface area (Å²) < 4.78 is 30.6. The van der Waals surface area contributed by atoms with E-state index < -0.39 is 36.2 Å². The summed E-state index contributed by atoms with van der Waals surface area (Å²) in [4.78, 5) is 25.2. The van der Waals surface area contributed by atoms with E-state index in [1.165, 1.54) is 11.0 Å². The molecule has 2 atom stereocenters. The minimum absolute atomic E-state index is 0.328. The van der Waals surface area contributed by atoms with Gasteiger partial charge >= 0.3 is 6.09 Å². The minimum Gasteiger partial charge on any atom is -0.444 e. The van der Waals surface area contributed by atoms with Crippen molar-refractivity contribution in [1.82, 2.24) is 10.1 Å². The van der Waals surface area contributed by atoms with Crippen LogP contribution in [0.1, 0.15) is 46.3 Å². The third-order valence-corrected chi connectivity index (χ3v) is 4.47. The Morgan fingerprint density at radius 3 is 2.43 bits per heavy atom. The average molecular weight is 392 g/mol. The van der Waals surface area contributed by atoms with Gasteiger partial charge in [0, 0.05) is 5.56 Å². The Morgan fingerprint density at radius 1 is 1.29 bits per heavy atom. The first-order valence-corrected chi connectivity index (χ1v) is 9.07. The molecule has 1 saturated heterocycles. The molecule has 0 bridgehead atoms. The fraction of sp³-hybridized carbons (Fsp3) is 0.500. The third kappa shape index (κ3) is 3.96. The largest absolute Gasteiger partial charge is 0.444 e. The van der Waals surface area contributed by atoms with Crippen LogP contribution in [-0.2, 0) is 9.47 Å². The van der Waals surface area contributed by atoms with Crippen LogP contribution in [0.2, 0.25) is 0 Å². The van der Waals surface area contributed by atoms with E-state index in [1.807, 2.05) is 0 Å². The lowest BCUT2D eigenvalue weighted by molar-refractivity contribution is -0.0797. The molecule has 8 heteroatoms. The summed E-state index contributed by atoms with van der Waals surface area (Å²) in [6.07, 6.45) is -1.27. The third-order valence-electron chi connectivity index (χ3n) is 4.47.